The lowest BCUT2D eigenvalue weighted by atomic mass is 10.3. The van der Waals surface area contributed by atoms with Gasteiger partial charge in [0.1, 0.15) is 11.6 Å². The average molecular weight is 192 g/mol. The van der Waals surface area contributed by atoms with Crippen LogP contribution < -0.4 is 5.32 Å². The molecule has 0 spiro atoms. The molecule has 0 bridgehead atoms. The van der Waals surface area contributed by atoms with Crippen LogP contribution in [-0.4, -0.2) is 6.41 Å². The number of anilines is 1. The summed E-state index contributed by atoms with van der Waals surface area (Å²) in [6.07, 6.45) is 0.284. The molecule has 0 aromatic heterocycles. The number of amides is 1. The summed E-state index contributed by atoms with van der Waals surface area (Å²) in [7, 11) is 0. The first-order chi connectivity index (χ1) is 5.65. The van der Waals surface area contributed by atoms with Gasteiger partial charge in [0.2, 0.25) is 6.41 Å². The molecule has 0 saturated carbocycles. The van der Waals surface area contributed by atoms with Gasteiger partial charge in [-0.1, -0.05) is 11.6 Å². The van der Waals surface area contributed by atoms with Crippen LogP contribution in [0.3, 0.4) is 0 Å². The van der Waals surface area contributed by atoms with Crippen molar-refractivity contribution in [3.05, 3.63) is 28.8 Å². The maximum absolute atomic E-state index is 12.7. The number of rotatable bonds is 2. The van der Waals surface area contributed by atoms with E-state index in [0.29, 0.717) is 6.07 Å². The molecule has 0 aliphatic heterocycles. The third-order valence-corrected chi connectivity index (χ3v) is 1.51. The van der Waals surface area contributed by atoms with Crippen LogP contribution in [-0.2, 0) is 4.79 Å². The Balaban J connectivity index is 3.13. The van der Waals surface area contributed by atoms with Gasteiger partial charge in [-0.3, -0.25) is 4.79 Å². The minimum Gasteiger partial charge on any atom is -0.326 e. The molecule has 5 heteroatoms. The van der Waals surface area contributed by atoms with Gasteiger partial charge in [-0.15, -0.1) is 0 Å². The van der Waals surface area contributed by atoms with Crippen molar-refractivity contribution in [3.63, 3.8) is 0 Å². The number of hydrogen-bond donors (Lipinski definition) is 1. The first kappa shape index (κ1) is 8.93. The van der Waals surface area contributed by atoms with Gasteiger partial charge >= 0.3 is 0 Å². The molecule has 1 aromatic rings. The lowest BCUT2D eigenvalue weighted by molar-refractivity contribution is -0.105. The van der Waals surface area contributed by atoms with Crippen LogP contribution in [0.25, 0.3) is 0 Å². The van der Waals surface area contributed by atoms with E-state index in [-0.39, 0.29) is 17.1 Å². The molecule has 64 valence electrons. The molecule has 1 N–H and O–H groups in total. The molecular weight excluding hydrogens is 188 g/mol. The van der Waals surface area contributed by atoms with Crippen LogP contribution in [0.5, 0.6) is 0 Å². The Morgan fingerprint density at radius 3 is 2.58 bits per heavy atom. The van der Waals surface area contributed by atoms with Crippen LogP contribution >= 0.6 is 11.6 Å². The molecule has 1 rings (SSSR count). The summed E-state index contributed by atoms with van der Waals surface area (Å²) in [6, 6.07) is 1.61. The number of carbonyl (C=O) groups is 1. The van der Waals surface area contributed by atoms with E-state index in [9.17, 15) is 13.6 Å². The lowest BCUT2D eigenvalue weighted by Crippen LogP contribution is -1.97. The van der Waals surface area contributed by atoms with E-state index in [4.69, 9.17) is 11.6 Å². The number of halogens is 3. The van der Waals surface area contributed by atoms with Crippen LogP contribution in [0.1, 0.15) is 0 Å². The predicted molar refractivity (Wildman–Crippen MR) is 41.1 cm³/mol. The number of benzene rings is 1. The second-order valence-corrected chi connectivity index (χ2v) is 2.42. The molecule has 1 aromatic carbocycles. The molecule has 1 amide bonds. The molecule has 0 atom stereocenters. The summed E-state index contributed by atoms with van der Waals surface area (Å²) in [5.74, 6) is -1.71. The Hall–Kier alpha value is -1.16. The highest BCUT2D eigenvalue weighted by atomic mass is 35.5. The van der Waals surface area contributed by atoms with Gasteiger partial charge in [0.15, 0.2) is 0 Å². The SMILES string of the molecule is O=CNc1cc(Cl)c(F)cc1F. The van der Waals surface area contributed by atoms with Crippen LogP contribution in [0.4, 0.5) is 14.5 Å². The van der Waals surface area contributed by atoms with E-state index in [1.54, 1.807) is 0 Å². The lowest BCUT2D eigenvalue weighted by Gasteiger charge is -2.01. The first-order valence-corrected chi connectivity index (χ1v) is 3.37. The number of nitrogens with one attached hydrogen (secondary N) is 1. The van der Waals surface area contributed by atoms with E-state index in [1.165, 1.54) is 0 Å². The van der Waals surface area contributed by atoms with Crippen molar-refractivity contribution >= 4 is 23.7 Å². The van der Waals surface area contributed by atoms with Gasteiger partial charge in [0.05, 0.1) is 10.7 Å². The van der Waals surface area contributed by atoms with Crippen molar-refractivity contribution < 1.29 is 13.6 Å². The Morgan fingerprint density at radius 1 is 1.33 bits per heavy atom. The smallest absolute Gasteiger partial charge is 0.211 e. The van der Waals surface area contributed by atoms with Crippen molar-refractivity contribution in [2.24, 2.45) is 0 Å². The second-order valence-electron chi connectivity index (χ2n) is 2.01. The molecule has 12 heavy (non-hydrogen) atoms. The zero-order valence-electron chi connectivity index (χ0n) is 5.77. The van der Waals surface area contributed by atoms with E-state index in [2.05, 4.69) is 0 Å². The van der Waals surface area contributed by atoms with Crippen molar-refractivity contribution in [3.8, 4) is 0 Å². The van der Waals surface area contributed by atoms with Gasteiger partial charge in [-0.25, -0.2) is 8.78 Å². The number of carbonyl (C=O) groups excluding carboxylic acids is 1. The van der Waals surface area contributed by atoms with Gasteiger partial charge in [-0.05, 0) is 6.07 Å². The summed E-state index contributed by atoms with van der Waals surface area (Å²) in [5.41, 5.74) is -0.142. The summed E-state index contributed by atoms with van der Waals surface area (Å²) < 4.78 is 25.2. The van der Waals surface area contributed by atoms with Crippen molar-refractivity contribution in [1.29, 1.82) is 0 Å². The quantitative estimate of drug-likeness (QED) is 0.564. The van der Waals surface area contributed by atoms with Crippen molar-refractivity contribution in [1.82, 2.24) is 0 Å². The third-order valence-electron chi connectivity index (χ3n) is 1.22. The van der Waals surface area contributed by atoms with E-state index in [0.717, 1.165) is 6.07 Å². The Kier molecular flexibility index (Phi) is 2.60. The molecule has 0 unspecified atom stereocenters. The maximum atomic E-state index is 12.7. The fourth-order valence-corrected chi connectivity index (χ4v) is 0.860. The van der Waals surface area contributed by atoms with E-state index in [1.807, 2.05) is 5.32 Å². The standard InChI is InChI=1S/C7H4ClF2NO/c8-4-1-7(11-3-12)6(10)2-5(4)9/h1-3H,(H,11,12). The van der Waals surface area contributed by atoms with Crippen molar-refractivity contribution in [2.45, 2.75) is 0 Å². The van der Waals surface area contributed by atoms with Crippen LogP contribution in [0, 0.1) is 11.6 Å². The van der Waals surface area contributed by atoms with Gasteiger partial charge < -0.3 is 5.32 Å². The molecule has 0 heterocycles. The Morgan fingerprint density at radius 2 is 2.00 bits per heavy atom. The monoisotopic (exact) mass is 191 g/mol. The average Bonchev–Trinajstić information content (AvgIpc) is 2.01. The first-order valence-electron chi connectivity index (χ1n) is 3.00. The minimum atomic E-state index is -0.857. The Bertz CT molecular complexity index is 317. The summed E-state index contributed by atoms with van der Waals surface area (Å²) in [6.45, 7) is 0. The third kappa shape index (κ3) is 1.71. The largest absolute Gasteiger partial charge is 0.326 e. The maximum Gasteiger partial charge on any atom is 0.211 e. The van der Waals surface area contributed by atoms with Gasteiger partial charge in [0, 0.05) is 6.07 Å². The van der Waals surface area contributed by atoms with Gasteiger partial charge in [0.25, 0.3) is 0 Å². The van der Waals surface area contributed by atoms with Crippen LogP contribution in [0.2, 0.25) is 5.02 Å². The van der Waals surface area contributed by atoms with E-state index < -0.39 is 11.6 Å². The fraction of sp³-hybridized carbons (Fsp3) is 0. The van der Waals surface area contributed by atoms with Crippen molar-refractivity contribution in [2.75, 3.05) is 5.32 Å². The molecular formula is C7H4ClF2NO. The highest BCUT2D eigenvalue weighted by Gasteiger charge is 2.06. The molecule has 0 saturated heterocycles. The van der Waals surface area contributed by atoms with E-state index >= 15 is 0 Å². The normalized spacial score (nSPS) is 9.58. The molecule has 0 fully saturated rings. The second kappa shape index (κ2) is 3.49. The highest BCUT2D eigenvalue weighted by Crippen LogP contribution is 2.22. The molecule has 0 aliphatic rings. The summed E-state index contributed by atoms with van der Waals surface area (Å²) in [5, 5.41) is 1.80. The topological polar surface area (TPSA) is 29.1 Å². The summed E-state index contributed by atoms with van der Waals surface area (Å²) in [4.78, 5) is 9.91. The Labute approximate surface area is 72.1 Å². The van der Waals surface area contributed by atoms with Gasteiger partial charge in [-0.2, -0.15) is 0 Å². The zero-order valence-corrected chi connectivity index (χ0v) is 6.53. The highest BCUT2D eigenvalue weighted by molar-refractivity contribution is 6.31. The predicted octanol–water partition coefficient (Wildman–Crippen LogP) is 2.19. The minimum absolute atomic E-state index is 0.142. The fourth-order valence-electron chi connectivity index (χ4n) is 0.697. The molecule has 0 radical (unpaired) electrons. The number of hydrogen-bond acceptors (Lipinski definition) is 1. The zero-order chi connectivity index (χ0) is 9.14. The molecule has 0 aliphatic carbocycles. The van der Waals surface area contributed by atoms with Crippen LogP contribution in [0.15, 0.2) is 12.1 Å². The summed E-state index contributed by atoms with van der Waals surface area (Å²) >= 11 is 5.32. The molecule has 2 nitrogen and oxygen atoms in total.